The van der Waals surface area contributed by atoms with E-state index in [1.54, 1.807) is 0 Å². The van der Waals surface area contributed by atoms with Crippen molar-refractivity contribution in [1.82, 2.24) is 15.3 Å². The first-order valence-electron chi connectivity index (χ1n) is 6.54. The van der Waals surface area contributed by atoms with Crippen molar-refractivity contribution in [2.24, 2.45) is 5.92 Å². The topological polar surface area (TPSA) is 76.1 Å². The summed E-state index contributed by atoms with van der Waals surface area (Å²) >= 11 is 0. The molecule has 2 atom stereocenters. The van der Waals surface area contributed by atoms with Gasteiger partial charge in [0.15, 0.2) is 0 Å². The van der Waals surface area contributed by atoms with Gasteiger partial charge >= 0.3 is 0 Å². The molecule has 2 heterocycles. The normalized spacial score (nSPS) is 22.5. The van der Waals surface area contributed by atoms with Crippen molar-refractivity contribution in [3.05, 3.63) is 17.5 Å². The largest absolute Gasteiger partial charge is 0.379 e. The number of hydrogen-bond donors (Lipinski definition) is 2. The van der Waals surface area contributed by atoms with E-state index in [1.807, 2.05) is 26.8 Å². The molecular formula is C13H20N4O2. The van der Waals surface area contributed by atoms with Crippen molar-refractivity contribution >= 4 is 11.9 Å². The minimum atomic E-state index is -0.190. The molecule has 1 aliphatic rings. The molecule has 2 rings (SSSR count). The molecule has 2 N–H and O–H groups in total. The summed E-state index contributed by atoms with van der Waals surface area (Å²) in [5.74, 6) is 0.0856. The van der Waals surface area contributed by atoms with Crippen molar-refractivity contribution in [2.45, 2.75) is 26.8 Å². The summed E-state index contributed by atoms with van der Waals surface area (Å²) in [6.45, 7) is 7.60. The Hall–Kier alpha value is -1.53. The van der Waals surface area contributed by atoms with Crippen molar-refractivity contribution in [1.29, 1.82) is 0 Å². The fourth-order valence-corrected chi connectivity index (χ4v) is 2.26. The number of amides is 1. The van der Waals surface area contributed by atoms with Crippen LogP contribution in [0.4, 0.5) is 5.95 Å². The Morgan fingerprint density at radius 2 is 2.05 bits per heavy atom. The number of aryl methyl sites for hydroxylation is 2. The van der Waals surface area contributed by atoms with Gasteiger partial charge in [0.1, 0.15) is 0 Å². The standard InChI is InChI=1S/C13H20N4O2/c1-4-14-11-7-19-6-10(11)12(18)17-13-15-8(2)5-9(3)16-13/h5,10-11,14H,4,6-7H2,1-3H3,(H,15,16,17,18). The minimum Gasteiger partial charge on any atom is -0.379 e. The van der Waals surface area contributed by atoms with Gasteiger partial charge < -0.3 is 10.1 Å². The second-order valence-corrected chi connectivity index (χ2v) is 4.77. The van der Waals surface area contributed by atoms with E-state index in [0.717, 1.165) is 17.9 Å². The van der Waals surface area contributed by atoms with Gasteiger partial charge in [-0.2, -0.15) is 0 Å². The number of nitrogens with zero attached hydrogens (tertiary/aromatic N) is 2. The highest BCUT2D eigenvalue weighted by atomic mass is 16.5. The van der Waals surface area contributed by atoms with Crippen molar-refractivity contribution in [2.75, 3.05) is 25.1 Å². The van der Waals surface area contributed by atoms with Gasteiger partial charge in [-0.15, -0.1) is 0 Å². The zero-order chi connectivity index (χ0) is 13.8. The molecule has 0 bridgehead atoms. The summed E-state index contributed by atoms with van der Waals surface area (Å²) < 4.78 is 5.36. The molecule has 0 saturated carbocycles. The molecule has 1 aromatic heterocycles. The second-order valence-electron chi connectivity index (χ2n) is 4.77. The molecule has 1 aromatic rings. The van der Waals surface area contributed by atoms with Gasteiger partial charge in [-0.25, -0.2) is 9.97 Å². The first-order chi connectivity index (χ1) is 9.10. The Kier molecular flexibility index (Phi) is 4.44. The number of anilines is 1. The highest BCUT2D eigenvalue weighted by Crippen LogP contribution is 2.16. The quantitative estimate of drug-likeness (QED) is 0.835. The number of rotatable bonds is 4. The predicted molar refractivity (Wildman–Crippen MR) is 71.9 cm³/mol. The summed E-state index contributed by atoms with van der Waals surface area (Å²) in [6.07, 6.45) is 0. The van der Waals surface area contributed by atoms with Gasteiger partial charge in [-0.3, -0.25) is 10.1 Å². The number of likely N-dealkylation sites (N-methyl/N-ethyl adjacent to an activating group) is 1. The Morgan fingerprint density at radius 1 is 1.37 bits per heavy atom. The van der Waals surface area contributed by atoms with E-state index in [1.165, 1.54) is 0 Å². The lowest BCUT2D eigenvalue weighted by Gasteiger charge is -2.17. The SMILES string of the molecule is CCNC1COCC1C(=O)Nc1nc(C)cc(C)n1. The summed E-state index contributed by atoms with van der Waals surface area (Å²) in [5.41, 5.74) is 1.68. The Labute approximate surface area is 113 Å². The second kappa shape index (κ2) is 6.08. The van der Waals surface area contributed by atoms with Crippen LogP contribution in [0.5, 0.6) is 0 Å². The highest BCUT2D eigenvalue weighted by Gasteiger charge is 2.33. The molecule has 2 unspecified atom stereocenters. The predicted octanol–water partition coefficient (Wildman–Crippen LogP) is 0.656. The van der Waals surface area contributed by atoms with Crippen LogP contribution in [-0.2, 0) is 9.53 Å². The van der Waals surface area contributed by atoms with E-state index >= 15 is 0 Å². The van der Waals surface area contributed by atoms with Crippen molar-refractivity contribution in [3.63, 3.8) is 0 Å². The lowest BCUT2D eigenvalue weighted by atomic mass is 10.0. The fourth-order valence-electron chi connectivity index (χ4n) is 2.26. The monoisotopic (exact) mass is 264 g/mol. The molecule has 0 radical (unpaired) electrons. The first kappa shape index (κ1) is 13.9. The van der Waals surface area contributed by atoms with Crippen LogP contribution >= 0.6 is 0 Å². The van der Waals surface area contributed by atoms with Gasteiger partial charge in [0.05, 0.1) is 19.1 Å². The average Bonchev–Trinajstić information content (AvgIpc) is 2.76. The Balaban J connectivity index is 2.04. The average molecular weight is 264 g/mol. The highest BCUT2D eigenvalue weighted by molar-refractivity contribution is 5.91. The third-order valence-electron chi connectivity index (χ3n) is 3.10. The molecule has 0 aliphatic carbocycles. The maximum absolute atomic E-state index is 12.2. The van der Waals surface area contributed by atoms with Crippen LogP contribution in [-0.4, -0.2) is 41.7 Å². The molecule has 0 spiro atoms. The van der Waals surface area contributed by atoms with E-state index in [4.69, 9.17) is 4.74 Å². The van der Waals surface area contributed by atoms with E-state index in [0.29, 0.717) is 19.2 Å². The maximum atomic E-state index is 12.2. The zero-order valence-corrected chi connectivity index (χ0v) is 11.6. The molecular weight excluding hydrogens is 244 g/mol. The molecule has 1 aliphatic heterocycles. The van der Waals surface area contributed by atoms with Gasteiger partial charge in [0.2, 0.25) is 11.9 Å². The molecule has 6 nitrogen and oxygen atoms in total. The Morgan fingerprint density at radius 3 is 2.68 bits per heavy atom. The van der Waals surface area contributed by atoms with Crippen molar-refractivity contribution < 1.29 is 9.53 Å². The number of carbonyl (C=O) groups is 1. The van der Waals surface area contributed by atoms with Gasteiger partial charge in [0.25, 0.3) is 0 Å². The van der Waals surface area contributed by atoms with Crippen LogP contribution in [0, 0.1) is 19.8 Å². The molecule has 104 valence electrons. The van der Waals surface area contributed by atoms with E-state index in [-0.39, 0.29) is 17.9 Å². The maximum Gasteiger partial charge on any atom is 0.233 e. The molecule has 19 heavy (non-hydrogen) atoms. The molecule has 1 fully saturated rings. The van der Waals surface area contributed by atoms with Crippen LogP contribution in [0.1, 0.15) is 18.3 Å². The number of carbonyl (C=O) groups excluding carboxylic acids is 1. The number of nitrogens with one attached hydrogen (secondary N) is 2. The van der Waals surface area contributed by atoms with E-state index in [2.05, 4.69) is 20.6 Å². The van der Waals surface area contributed by atoms with Gasteiger partial charge in [-0.1, -0.05) is 6.92 Å². The van der Waals surface area contributed by atoms with E-state index < -0.39 is 0 Å². The number of aromatic nitrogens is 2. The summed E-state index contributed by atoms with van der Waals surface area (Å²) in [6, 6.07) is 1.94. The summed E-state index contributed by atoms with van der Waals surface area (Å²) in [5, 5.41) is 6.03. The zero-order valence-electron chi connectivity index (χ0n) is 11.6. The smallest absolute Gasteiger partial charge is 0.233 e. The third kappa shape index (κ3) is 3.48. The third-order valence-corrected chi connectivity index (χ3v) is 3.10. The van der Waals surface area contributed by atoms with Crippen molar-refractivity contribution in [3.8, 4) is 0 Å². The Bertz CT molecular complexity index is 444. The molecule has 1 amide bonds. The summed E-state index contributed by atoms with van der Waals surface area (Å²) in [7, 11) is 0. The molecule has 0 aromatic carbocycles. The molecule has 6 heteroatoms. The van der Waals surface area contributed by atoms with E-state index in [9.17, 15) is 4.79 Å². The van der Waals surface area contributed by atoms with Crippen LogP contribution < -0.4 is 10.6 Å². The minimum absolute atomic E-state index is 0.0657. The fraction of sp³-hybridized carbons (Fsp3) is 0.615. The van der Waals surface area contributed by atoms with Gasteiger partial charge in [0, 0.05) is 17.4 Å². The molecule has 1 saturated heterocycles. The van der Waals surface area contributed by atoms with Crippen LogP contribution in [0.3, 0.4) is 0 Å². The van der Waals surface area contributed by atoms with Crippen LogP contribution in [0.25, 0.3) is 0 Å². The number of ether oxygens (including phenoxy) is 1. The lowest BCUT2D eigenvalue weighted by molar-refractivity contribution is -0.120. The van der Waals surface area contributed by atoms with Crippen LogP contribution in [0.15, 0.2) is 6.07 Å². The summed E-state index contributed by atoms with van der Waals surface area (Å²) in [4.78, 5) is 20.6. The van der Waals surface area contributed by atoms with Gasteiger partial charge in [-0.05, 0) is 26.5 Å². The first-order valence-corrected chi connectivity index (χ1v) is 6.54. The number of hydrogen-bond acceptors (Lipinski definition) is 5. The van der Waals surface area contributed by atoms with Crippen LogP contribution in [0.2, 0.25) is 0 Å². The lowest BCUT2D eigenvalue weighted by Crippen LogP contribution is -2.41.